The minimum atomic E-state index is -0.317. The summed E-state index contributed by atoms with van der Waals surface area (Å²) in [6.07, 6.45) is 2.96. The minimum absolute atomic E-state index is 0.317. The number of nitrogens with zero attached hydrogens (tertiary/aromatic N) is 1. The first-order chi connectivity index (χ1) is 10.2. The van der Waals surface area contributed by atoms with E-state index in [0.717, 1.165) is 0 Å². The van der Waals surface area contributed by atoms with Crippen LogP contribution >= 0.6 is 11.6 Å². The van der Waals surface area contributed by atoms with Crippen LogP contribution in [0.2, 0.25) is 5.02 Å². The van der Waals surface area contributed by atoms with Gasteiger partial charge in [0.25, 0.3) is 5.91 Å². The summed E-state index contributed by atoms with van der Waals surface area (Å²) >= 11 is 5.96. The molecule has 0 aliphatic carbocycles. The standard InChI is InChI=1S/C15H15ClN2O3/c1-20-7-8-21-12-4-2-3-11(9-12)18-15(19)13-10-17-6-5-14(13)16/h2-6,9-10H,7-8H2,1H3,(H,18,19). The number of halogens is 1. The number of amides is 1. The van der Waals surface area contributed by atoms with Gasteiger partial charge in [0.05, 0.1) is 17.2 Å². The van der Waals surface area contributed by atoms with Gasteiger partial charge in [0, 0.05) is 31.3 Å². The van der Waals surface area contributed by atoms with Crippen LogP contribution < -0.4 is 10.1 Å². The van der Waals surface area contributed by atoms with Gasteiger partial charge >= 0.3 is 0 Å². The van der Waals surface area contributed by atoms with Crippen molar-refractivity contribution in [2.24, 2.45) is 0 Å². The molecule has 0 unspecified atom stereocenters. The number of pyridine rings is 1. The molecule has 1 heterocycles. The molecule has 1 amide bonds. The smallest absolute Gasteiger partial charge is 0.258 e. The molecule has 5 nitrogen and oxygen atoms in total. The van der Waals surface area contributed by atoms with E-state index in [4.69, 9.17) is 21.1 Å². The van der Waals surface area contributed by atoms with Crippen LogP contribution in [-0.4, -0.2) is 31.2 Å². The van der Waals surface area contributed by atoms with Gasteiger partial charge in [-0.25, -0.2) is 0 Å². The van der Waals surface area contributed by atoms with Gasteiger partial charge in [-0.3, -0.25) is 9.78 Å². The van der Waals surface area contributed by atoms with E-state index in [-0.39, 0.29) is 5.91 Å². The van der Waals surface area contributed by atoms with Crippen molar-refractivity contribution in [1.29, 1.82) is 0 Å². The molecule has 21 heavy (non-hydrogen) atoms. The Morgan fingerprint density at radius 3 is 2.95 bits per heavy atom. The summed E-state index contributed by atoms with van der Waals surface area (Å²) in [7, 11) is 1.61. The first kappa shape index (κ1) is 15.3. The van der Waals surface area contributed by atoms with E-state index in [1.807, 2.05) is 6.07 Å². The van der Waals surface area contributed by atoms with Crippen molar-refractivity contribution in [2.45, 2.75) is 0 Å². The number of methoxy groups -OCH3 is 1. The Kier molecular flexibility index (Phi) is 5.54. The second kappa shape index (κ2) is 7.61. The van der Waals surface area contributed by atoms with Gasteiger partial charge in [-0.1, -0.05) is 17.7 Å². The molecule has 2 aromatic rings. The van der Waals surface area contributed by atoms with Crippen LogP contribution in [0, 0.1) is 0 Å². The lowest BCUT2D eigenvalue weighted by atomic mass is 10.2. The van der Waals surface area contributed by atoms with Gasteiger partial charge in [0.1, 0.15) is 12.4 Å². The van der Waals surface area contributed by atoms with Gasteiger partial charge in [-0.15, -0.1) is 0 Å². The molecule has 0 spiro atoms. The Bertz CT molecular complexity index is 619. The van der Waals surface area contributed by atoms with Crippen LogP contribution in [0.1, 0.15) is 10.4 Å². The first-order valence-electron chi connectivity index (χ1n) is 6.33. The fourth-order valence-electron chi connectivity index (χ4n) is 1.65. The van der Waals surface area contributed by atoms with Crippen LogP contribution in [-0.2, 0) is 4.74 Å². The van der Waals surface area contributed by atoms with Gasteiger partial charge in [0.2, 0.25) is 0 Å². The number of anilines is 1. The molecule has 0 saturated carbocycles. The van der Waals surface area contributed by atoms with E-state index >= 15 is 0 Å². The number of carbonyl (C=O) groups excluding carboxylic acids is 1. The molecule has 2 rings (SSSR count). The zero-order chi connectivity index (χ0) is 15.1. The minimum Gasteiger partial charge on any atom is -0.491 e. The quantitative estimate of drug-likeness (QED) is 0.833. The Balaban J connectivity index is 2.04. The number of rotatable bonds is 6. The molecular weight excluding hydrogens is 292 g/mol. The van der Waals surface area contributed by atoms with Crippen LogP contribution in [0.4, 0.5) is 5.69 Å². The Morgan fingerprint density at radius 1 is 1.33 bits per heavy atom. The second-order valence-electron chi connectivity index (χ2n) is 4.18. The molecule has 1 aromatic heterocycles. The van der Waals surface area contributed by atoms with E-state index in [9.17, 15) is 4.79 Å². The van der Waals surface area contributed by atoms with Crippen LogP contribution in [0.5, 0.6) is 5.75 Å². The molecule has 0 atom stereocenters. The van der Waals surface area contributed by atoms with Crippen molar-refractivity contribution >= 4 is 23.2 Å². The third-order valence-electron chi connectivity index (χ3n) is 2.66. The lowest BCUT2D eigenvalue weighted by molar-refractivity contribution is 0.102. The number of benzene rings is 1. The van der Waals surface area contributed by atoms with Gasteiger partial charge < -0.3 is 14.8 Å². The Labute approximate surface area is 127 Å². The molecule has 1 N–H and O–H groups in total. The Morgan fingerprint density at radius 2 is 2.19 bits per heavy atom. The van der Waals surface area contributed by atoms with E-state index in [2.05, 4.69) is 10.3 Å². The summed E-state index contributed by atoms with van der Waals surface area (Å²) in [5.41, 5.74) is 0.944. The van der Waals surface area contributed by atoms with E-state index < -0.39 is 0 Å². The molecule has 0 aliphatic rings. The van der Waals surface area contributed by atoms with Crippen molar-refractivity contribution in [2.75, 3.05) is 25.6 Å². The first-order valence-corrected chi connectivity index (χ1v) is 6.71. The summed E-state index contributed by atoms with van der Waals surface area (Å²) in [5.74, 6) is 0.337. The second-order valence-corrected chi connectivity index (χ2v) is 4.59. The van der Waals surface area contributed by atoms with Crippen LogP contribution in [0.3, 0.4) is 0 Å². The van der Waals surface area contributed by atoms with E-state index in [1.54, 1.807) is 31.4 Å². The molecule has 110 valence electrons. The van der Waals surface area contributed by atoms with Gasteiger partial charge in [-0.2, -0.15) is 0 Å². The largest absolute Gasteiger partial charge is 0.491 e. The van der Waals surface area contributed by atoms with Crippen molar-refractivity contribution in [3.05, 3.63) is 53.3 Å². The molecule has 0 radical (unpaired) electrons. The molecule has 0 fully saturated rings. The van der Waals surface area contributed by atoms with Crippen molar-refractivity contribution < 1.29 is 14.3 Å². The third kappa shape index (κ3) is 4.44. The number of hydrogen-bond acceptors (Lipinski definition) is 4. The number of aromatic nitrogens is 1. The Hall–Kier alpha value is -2.11. The fourth-order valence-corrected chi connectivity index (χ4v) is 1.84. The molecule has 0 bridgehead atoms. The third-order valence-corrected chi connectivity index (χ3v) is 2.99. The monoisotopic (exact) mass is 306 g/mol. The summed E-state index contributed by atoms with van der Waals surface area (Å²) < 4.78 is 10.4. The highest BCUT2D eigenvalue weighted by atomic mass is 35.5. The zero-order valence-electron chi connectivity index (χ0n) is 11.5. The lowest BCUT2D eigenvalue weighted by Gasteiger charge is -2.09. The zero-order valence-corrected chi connectivity index (χ0v) is 12.3. The average Bonchev–Trinajstić information content (AvgIpc) is 2.48. The summed E-state index contributed by atoms with van der Waals surface area (Å²) in [6.45, 7) is 0.949. The number of hydrogen-bond donors (Lipinski definition) is 1. The number of nitrogens with one attached hydrogen (secondary N) is 1. The summed E-state index contributed by atoms with van der Waals surface area (Å²) in [4.78, 5) is 16.0. The predicted molar refractivity (Wildman–Crippen MR) is 81.0 cm³/mol. The highest BCUT2D eigenvalue weighted by Crippen LogP contribution is 2.20. The molecular formula is C15H15ClN2O3. The topological polar surface area (TPSA) is 60.5 Å². The maximum atomic E-state index is 12.1. The highest BCUT2D eigenvalue weighted by Gasteiger charge is 2.10. The van der Waals surface area contributed by atoms with Crippen LogP contribution in [0.25, 0.3) is 0 Å². The highest BCUT2D eigenvalue weighted by molar-refractivity contribution is 6.34. The maximum absolute atomic E-state index is 12.1. The molecule has 0 aliphatic heterocycles. The van der Waals surface area contributed by atoms with E-state index in [1.165, 1.54) is 12.4 Å². The van der Waals surface area contributed by atoms with Gasteiger partial charge in [0.15, 0.2) is 0 Å². The van der Waals surface area contributed by atoms with Crippen molar-refractivity contribution in [3.63, 3.8) is 0 Å². The van der Waals surface area contributed by atoms with Gasteiger partial charge in [-0.05, 0) is 18.2 Å². The summed E-state index contributed by atoms with van der Waals surface area (Å²) in [6, 6.07) is 8.68. The van der Waals surface area contributed by atoms with Crippen molar-refractivity contribution in [1.82, 2.24) is 4.98 Å². The number of ether oxygens (including phenoxy) is 2. The van der Waals surface area contributed by atoms with Crippen LogP contribution in [0.15, 0.2) is 42.7 Å². The normalized spacial score (nSPS) is 10.2. The summed E-state index contributed by atoms with van der Waals surface area (Å²) in [5, 5.41) is 3.11. The van der Waals surface area contributed by atoms with Crippen molar-refractivity contribution in [3.8, 4) is 5.75 Å². The number of carbonyl (C=O) groups is 1. The molecule has 1 aromatic carbocycles. The molecule has 0 saturated heterocycles. The maximum Gasteiger partial charge on any atom is 0.258 e. The SMILES string of the molecule is COCCOc1cccc(NC(=O)c2cnccc2Cl)c1. The lowest BCUT2D eigenvalue weighted by Crippen LogP contribution is -2.13. The predicted octanol–water partition coefficient (Wildman–Crippen LogP) is 3.01. The fraction of sp³-hybridized carbons (Fsp3) is 0.200. The molecule has 6 heteroatoms. The average molecular weight is 307 g/mol. The van der Waals surface area contributed by atoms with E-state index in [0.29, 0.717) is 35.2 Å².